The van der Waals surface area contributed by atoms with Crippen molar-refractivity contribution in [1.29, 1.82) is 0 Å². The third-order valence-corrected chi connectivity index (χ3v) is 1.66. The Morgan fingerprint density at radius 1 is 1.58 bits per heavy atom. The number of hydrogen-bond donors (Lipinski definition) is 1. The summed E-state index contributed by atoms with van der Waals surface area (Å²) in [6.45, 7) is 2.30. The molecule has 0 saturated heterocycles. The second-order valence-corrected chi connectivity index (χ2v) is 2.58. The van der Waals surface area contributed by atoms with Crippen LogP contribution >= 0.6 is 0 Å². The Kier molecular flexibility index (Phi) is 2.56. The molecular weight excluding hydrogens is 152 g/mol. The number of nitrogens with zero attached hydrogens (tertiary/aromatic N) is 3. The van der Waals surface area contributed by atoms with Crippen molar-refractivity contribution in [2.24, 2.45) is 5.11 Å². The van der Waals surface area contributed by atoms with Crippen LogP contribution in [0.5, 0.6) is 0 Å². The molecule has 4 nitrogen and oxygen atoms in total. The summed E-state index contributed by atoms with van der Waals surface area (Å²) >= 11 is 0. The summed E-state index contributed by atoms with van der Waals surface area (Å²) in [5.41, 5.74) is 16.5. The van der Waals surface area contributed by atoms with Gasteiger partial charge in [0.1, 0.15) is 0 Å². The van der Waals surface area contributed by atoms with Gasteiger partial charge in [-0.3, -0.25) is 0 Å². The van der Waals surface area contributed by atoms with Gasteiger partial charge in [0.15, 0.2) is 0 Å². The highest BCUT2D eigenvalue weighted by Gasteiger charge is 1.94. The van der Waals surface area contributed by atoms with Crippen molar-refractivity contribution in [3.8, 4) is 0 Å². The largest absolute Gasteiger partial charge is 0.399 e. The Hall–Kier alpha value is -1.67. The van der Waals surface area contributed by atoms with Crippen LogP contribution < -0.4 is 5.73 Å². The third kappa shape index (κ3) is 1.90. The molecule has 0 saturated carbocycles. The predicted octanol–water partition coefficient (Wildman–Crippen LogP) is 2.39. The lowest BCUT2D eigenvalue weighted by molar-refractivity contribution is 1.05. The Bertz CT molecular complexity index is 326. The average Bonchev–Trinajstić information content (AvgIpc) is 2.07. The number of anilines is 1. The molecule has 2 N–H and O–H groups in total. The van der Waals surface area contributed by atoms with E-state index in [1.165, 1.54) is 0 Å². The van der Waals surface area contributed by atoms with Crippen LogP contribution in [0.3, 0.4) is 0 Å². The number of aryl methyl sites for hydroxylation is 1. The highest BCUT2D eigenvalue weighted by molar-refractivity contribution is 5.48. The van der Waals surface area contributed by atoms with Crippen molar-refractivity contribution >= 4 is 5.69 Å². The quantitative estimate of drug-likeness (QED) is 0.308. The van der Waals surface area contributed by atoms with Crippen LogP contribution in [0.1, 0.15) is 11.1 Å². The van der Waals surface area contributed by atoms with Gasteiger partial charge in [-0.15, -0.1) is 0 Å². The molecule has 62 valence electrons. The van der Waals surface area contributed by atoms with E-state index in [9.17, 15) is 0 Å². The molecule has 1 aromatic rings. The van der Waals surface area contributed by atoms with E-state index in [1.54, 1.807) is 0 Å². The third-order valence-electron chi connectivity index (χ3n) is 1.66. The first-order valence-corrected chi connectivity index (χ1v) is 3.60. The van der Waals surface area contributed by atoms with Crippen molar-refractivity contribution in [3.05, 3.63) is 39.8 Å². The van der Waals surface area contributed by atoms with Crippen molar-refractivity contribution in [3.63, 3.8) is 0 Å². The molecule has 0 aliphatic heterocycles. The van der Waals surface area contributed by atoms with Crippen molar-refractivity contribution in [1.82, 2.24) is 0 Å². The number of benzene rings is 1. The van der Waals surface area contributed by atoms with E-state index in [1.807, 2.05) is 25.1 Å². The molecule has 0 heterocycles. The molecule has 0 aromatic heterocycles. The van der Waals surface area contributed by atoms with Crippen molar-refractivity contribution in [2.45, 2.75) is 13.5 Å². The molecule has 0 spiro atoms. The van der Waals surface area contributed by atoms with E-state index in [-0.39, 0.29) is 0 Å². The number of azide groups is 1. The summed E-state index contributed by atoms with van der Waals surface area (Å²) in [4.78, 5) is 2.67. The average molecular weight is 162 g/mol. The minimum atomic E-state index is 0.362. The van der Waals surface area contributed by atoms with Crippen LogP contribution in [0.25, 0.3) is 10.4 Å². The van der Waals surface area contributed by atoms with Gasteiger partial charge in [-0.05, 0) is 29.6 Å². The first-order valence-electron chi connectivity index (χ1n) is 3.60. The fourth-order valence-electron chi connectivity index (χ4n) is 0.902. The lowest BCUT2D eigenvalue weighted by atomic mass is 10.1. The molecule has 1 rings (SSSR count). The summed E-state index contributed by atoms with van der Waals surface area (Å²) in [5, 5.41) is 3.44. The predicted molar refractivity (Wildman–Crippen MR) is 48.4 cm³/mol. The van der Waals surface area contributed by atoms with Gasteiger partial charge in [-0.1, -0.05) is 17.2 Å². The summed E-state index contributed by atoms with van der Waals surface area (Å²) in [5.74, 6) is 0. The summed E-state index contributed by atoms with van der Waals surface area (Å²) in [6, 6.07) is 5.64. The molecule has 0 fully saturated rings. The normalized spacial score (nSPS) is 9.08. The maximum atomic E-state index is 8.08. The molecular formula is C8H10N4. The Balaban J connectivity index is 2.89. The molecule has 0 bridgehead atoms. The van der Waals surface area contributed by atoms with Gasteiger partial charge in [-0.2, -0.15) is 0 Å². The van der Waals surface area contributed by atoms with E-state index in [2.05, 4.69) is 10.0 Å². The number of hydrogen-bond acceptors (Lipinski definition) is 2. The molecule has 0 radical (unpaired) electrons. The van der Waals surface area contributed by atoms with Crippen LogP contribution in [0, 0.1) is 6.92 Å². The molecule has 12 heavy (non-hydrogen) atoms. The van der Waals surface area contributed by atoms with E-state index in [4.69, 9.17) is 11.3 Å². The fourth-order valence-corrected chi connectivity index (χ4v) is 0.902. The minimum Gasteiger partial charge on any atom is -0.399 e. The van der Waals surface area contributed by atoms with Crippen LogP contribution in [0.2, 0.25) is 0 Å². The van der Waals surface area contributed by atoms with Gasteiger partial charge in [-0.25, -0.2) is 0 Å². The minimum absolute atomic E-state index is 0.362. The van der Waals surface area contributed by atoms with Crippen molar-refractivity contribution < 1.29 is 0 Å². The van der Waals surface area contributed by atoms with Gasteiger partial charge in [0.05, 0.1) is 6.54 Å². The van der Waals surface area contributed by atoms with E-state index >= 15 is 0 Å². The van der Waals surface area contributed by atoms with Gasteiger partial charge < -0.3 is 5.73 Å². The van der Waals surface area contributed by atoms with Crippen LogP contribution in [-0.4, -0.2) is 0 Å². The maximum absolute atomic E-state index is 8.08. The standard InChI is InChI=1S/C8H10N4/c1-6-2-3-7(4-8(6)9)5-11-12-10/h2-4H,5,9H2,1H3. The summed E-state index contributed by atoms with van der Waals surface area (Å²) in [6.07, 6.45) is 0. The SMILES string of the molecule is Cc1ccc(CN=[N+]=[N-])cc1N. The Labute approximate surface area is 70.6 Å². The lowest BCUT2D eigenvalue weighted by Gasteiger charge is -2.01. The van der Waals surface area contributed by atoms with E-state index in [0.717, 1.165) is 16.8 Å². The molecule has 1 aromatic carbocycles. The molecule has 0 aliphatic rings. The Morgan fingerprint density at radius 2 is 2.33 bits per heavy atom. The summed E-state index contributed by atoms with van der Waals surface area (Å²) < 4.78 is 0. The smallest absolute Gasteiger partial charge is 0.0511 e. The first-order chi connectivity index (χ1) is 5.74. The highest BCUT2D eigenvalue weighted by atomic mass is 15.1. The summed E-state index contributed by atoms with van der Waals surface area (Å²) in [7, 11) is 0. The van der Waals surface area contributed by atoms with Gasteiger partial charge in [0, 0.05) is 10.6 Å². The molecule has 0 unspecified atom stereocenters. The first kappa shape index (κ1) is 8.43. The number of rotatable bonds is 2. The van der Waals surface area contributed by atoms with Gasteiger partial charge in [0.2, 0.25) is 0 Å². The number of nitrogen functional groups attached to an aromatic ring is 1. The van der Waals surface area contributed by atoms with Crippen LogP contribution in [0.4, 0.5) is 5.69 Å². The van der Waals surface area contributed by atoms with Gasteiger partial charge in [0.25, 0.3) is 0 Å². The monoisotopic (exact) mass is 162 g/mol. The van der Waals surface area contributed by atoms with E-state index < -0.39 is 0 Å². The number of nitrogens with two attached hydrogens (primary N) is 1. The van der Waals surface area contributed by atoms with Gasteiger partial charge >= 0.3 is 0 Å². The molecule has 4 heteroatoms. The lowest BCUT2D eigenvalue weighted by Crippen LogP contribution is -1.91. The Morgan fingerprint density at radius 3 is 2.92 bits per heavy atom. The maximum Gasteiger partial charge on any atom is 0.0511 e. The zero-order valence-corrected chi connectivity index (χ0v) is 6.86. The fraction of sp³-hybridized carbons (Fsp3) is 0.250. The zero-order valence-electron chi connectivity index (χ0n) is 6.86. The second-order valence-electron chi connectivity index (χ2n) is 2.58. The molecule has 0 atom stereocenters. The van der Waals surface area contributed by atoms with E-state index in [0.29, 0.717) is 6.54 Å². The van der Waals surface area contributed by atoms with Crippen LogP contribution in [-0.2, 0) is 6.54 Å². The van der Waals surface area contributed by atoms with Crippen LogP contribution in [0.15, 0.2) is 23.3 Å². The molecule has 0 amide bonds. The molecule has 0 aliphatic carbocycles. The second kappa shape index (κ2) is 3.64. The van der Waals surface area contributed by atoms with Crippen molar-refractivity contribution in [2.75, 3.05) is 5.73 Å². The topological polar surface area (TPSA) is 74.8 Å². The highest BCUT2D eigenvalue weighted by Crippen LogP contribution is 2.13. The zero-order chi connectivity index (χ0) is 8.97.